The first-order chi connectivity index (χ1) is 14.5. The monoisotopic (exact) mass is 473 g/mol. The molecule has 2 aliphatic carbocycles. The van der Waals surface area contributed by atoms with Crippen molar-refractivity contribution in [1.82, 2.24) is 9.62 Å². The second kappa shape index (κ2) is 9.03. The number of phenolic OH excluding ortho intramolecular Hbond substituents is 1. The van der Waals surface area contributed by atoms with Crippen molar-refractivity contribution in [3.63, 3.8) is 0 Å². The highest BCUT2D eigenvalue weighted by atomic mass is 35.5. The third kappa shape index (κ3) is 4.45. The second-order valence-electron chi connectivity index (χ2n) is 8.31. The van der Waals surface area contributed by atoms with Crippen molar-refractivity contribution in [3.05, 3.63) is 17.2 Å². The lowest BCUT2D eigenvalue weighted by Gasteiger charge is -2.45. The second-order valence-corrected chi connectivity index (χ2v) is 10.8. The number of anilines is 1. The molecule has 0 radical (unpaired) electrons. The number of rotatable bonds is 8. The number of hydrogen-bond donors (Lipinski definition) is 3. The van der Waals surface area contributed by atoms with Crippen molar-refractivity contribution < 1.29 is 27.9 Å². The van der Waals surface area contributed by atoms with Gasteiger partial charge in [0, 0.05) is 26.7 Å². The number of aromatic hydroxyl groups is 1. The number of carbonyl (C=O) groups excluding carboxylic acids is 2. The molecule has 2 atom stereocenters. The SMILES string of the molecule is COCC1(NC2C(=O)C(=O)C2Nc2ccc(Cl)c(S(=O)(=O)N(C)C)c2O)CCCCC1. The Balaban J connectivity index is 1.88. The van der Waals surface area contributed by atoms with Crippen LogP contribution in [0, 0.1) is 0 Å². The quantitative estimate of drug-likeness (QED) is 0.383. The van der Waals surface area contributed by atoms with Gasteiger partial charge in [-0.05, 0) is 25.0 Å². The number of benzene rings is 1. The summed E-state index contributed by atoms with van der Waals surface area (Å²) in [7, 11) is 0.198. The average molecular weight is 474 g/mol. The van der Waals surface area contributed by atoms with Gasteiger partial charge in [-0.25, -0.2) is 12.7 Å². The van der Waals surface area contributed by atoms with E-state index < -0.39 is 49.9 Å². The minimum Gasteiger partial charge on any atom is -0.504 e. The van der Waals surface area contributed by atoms with E-state index in [0.717, 1.165) is 36.4 Å². The van der Waals surface area contributed by atoms with Crippen LogP contribution in [0.1, 0.15) is 32.1 Å². The van der Waals surface area contributed by atoms with Gasteiger partial charge in [-0.1, -0.05) is 30.9 Å². The molecule has 2 unspecified atom stereocenters. The van der Waals surface area contributed by atoms with Crippen LogP contribution in [0.2, 0.25) is 5.02 Å². The van der Waals surface area contributed by atoms with Crippen LogP contribution < -0.4 is 10.6 Å². The van der Waals surface area contributed by atoms with Crippen LogP contribution in [0.15, 0.2) is 17.0 Å². The van der Waals surface area contributed by atoms with E-state index in [1.165, 1.54) is 26.2 Å². The molecule has 0 aliphatic heterocycles. The molecule has 2 aliphatic rings. The van der Waals surface area contributed by atoms with E-state index >= 15 is 0 Å². The Morgan fingerprint density at radius 3 is 2.35 bits per heavy atom. The Bertz CT molecular complexity index is 970. The number of Topliss-reactive ketones (excluding diaryl/α,β-unsaturated/α-hetero) is 2. The minimum absolute atomic E-state index is 0.00640. The van der Waals surface area contributed by atoms with Gasteiger partial charge in [-0.2, -0.15) is 0 Å². The lowest BCUT2D eigenvalue weighted by molar-refractivity contribution is -0.146. The number of hydrogen-bond acceptors (Lipinski definition) is 8. The lowest BCUT2D eigenvalue weighted by Crippen LogP contribution is -2.72. The number of ether oxygens (including phenoxy) is 1. The lowest BCUT2D eigenvalue weighted by atomic mass is 9.76. The molecule has 1 aromatic carbocycles. The Morgan fingerprint density at radius 1 is 1.16 bits per heavy atom. The van der Waals surface area contributed by atoms with Crippen molar-refractivity contribution in [1.29, 1.82) is 0 Å². The van der Waals surface area contributed by atoms with Gasteiger partial charge in [0.25, 0.3) is 0 Å². The number of carbonyl (C=O) groups is 2. The summed E-state index contributed by atoms with van der Waals surface area (Å²) in [6.45, 7) is 0.412. The van der Waals surface area contributed by atoms with Crippen LogP contribution >= 0.6 is 11.6 Å². The predicted molar refractivity (Wildman–Crippen MR) is 116 cm³/mol. The number of methoxy groups -OCH3 is 1. The molecule has 3 rings (SSSR count). The fourth-order valence-electron chi connectivity index (χ4n) is 4.23. The molecule has 0 saturated heterocycles. The van der Waals surface area contributed by atoms with Crippen molar-refractivity contribution in [2.24, 2.45) is 0 Å². The van der Waals surface area contributed by atoms with Gasteiger partial charge in [0.05, 0.1) is 17.3 Å². The molecular weight excluding hydrogens is 446 g/mol. The molecule has 172 valence electrons. The summed E-state index contributed by atoms with van der Waals surface area (Å²) in [5.74, 6) is -1.78. The van der Waals surface area contributed by atoms with Crippen LogP contribution in [-0.4, -0.2) is 74.8 Å². The summed E-state index contributed by atoms with van der Waals surface area (Å²) in [5, 5.41) is 16.6. The summed E-state index contributed by atoms with van der Waals surface area (Å²) in [5.41, 5.74) is -0.401. The van der Waals surface area contributed by atoms with Crippen LogP contribution in [0.5, 0.6) is 5.75 Å². The van der Waals surface area contributed by atoms with Crippen LogP contribution in [0.25, 0.3) is 0 Å². The molecule has 0 amide bonds. The molecule has 0 heterocycles. The summed E-state index contributed by atoms with van der Waals surface area (Å²) in [4.78, 5) is 24.2. The topological polar surface area (TPSA) is 125 Å². The third-order valence-electron chi connectivity index (χ3n) is 5.97. The molecule has 0 aromatic heterocycles. The highest BCUT2D eigenvalue weighted by Crippen LogP contribution is 2.39. The van der Waals surface area contributed by atoms with Crippen LogP contribution in [0.4, 0.5) is 5.69 Å². The van der Waals surface area contributed by atoms with Crippen molar-refractivity contribution in [2.75, 3.05) is 33.1 Å². The predicted octanol–water partition coefficient (Wildman–Crippen LogP) is 1.54. The number of sulfonamides is 1. The zero-order valence-electron chi connectivity index (χ0n) is 17.8. The summed E-state index contributed by atoms with van der Waals surface area (Å²) < 4.78 is 31.4. The molecule has 0 bridgehead atoms. The summed E-state index contributed by atoms with van der Waals surface area (Å²) in [6, 6.07) is 0.959. The number of halogens is 1. The fourth-order valence-corrected chi connectivity index (χ4v) is 5.71. The molecule has 1 aromatic rings. The van der Waals surface area contributed by atoms with E-state index in [4.69, 9.17) is 16.3 Å². The van der Waals surface area contributed by atoms with Gasteiger partial charge in [0.2, 0.25) is 21.6 Å². The molecule has 2 fully saturated rings. The van der Waals surface area contributed by atoms with E-state index in [-0.39, 0.29) is 10.7 Å². The molecular formula is C20H28ClN3O6S. The molecule has 11 heteroatoms. The van der Waals surface area contributed by atoms with Gasteiger partial charge in [0.15, 0.2) is 5.75 Å². The Kier molecular flexibility index (Phi) is 6.97. The van der Waals surface area contributed by atoms with Gasteiger partial charge < -0.3 is 15.2 Å². The van der Waals surface area contributed by atoms with Gasteiger partial charge >= 0.3 is 0 Å². The maximum atomic E-state index is 12.6. The number of nitrogens with zero attached hydrogens (tertiary/aromatic N) is 1. The first kappa shape index (κ1) is 23.9. The van der Waals surface area contributed by atoms with Crippen molar-refractivity contribution in [2.45, 2.75) is 54.6 Å². The standard InChI is InChI=1S/C20H28ClN3O6S/c1-24(2)31(28,29)19-12(21)7-8-13(16(19)25)22-14-15(18(27)17(14)26)23-20(11-30-3)9-5-4-6-10-20/h7-8,14-15,22-23,25H,4-6,9-11H2,1-3H3. The maximum absolute atomic E-state index is 12.6. The van der Waals surface area contributed by atoms with Crippen LogP contribution in [-0.2, 0) is 24.3 Å². The average Bonchev–Trinajstić information content (AvgIpc) is 2.72. The molecule has 9 nitrogen and oxygen atoms in total. The maximum Gasteiger partial charge on any atom is 0.247 e. The smallest absolute Gasteiger partial charge is 0.247 e. The highest BCUT2D eigenvalue weighted by Gasteiger charge is 2.52. The minimum atomic E-state index is -4.04. The Labute approximate surface area is 187 Å². The molecule has 0 spiro atoms. The van der Waals surface area contributed by atoms with E-state index in [1.54, 1.807) is 7.11 Å². The van der Waals surface area contributed by atoms with Gasteiger partial charge in [-0.15, -0.1) is 0 Å². The number of nitrogens with one attached hydrogen (secondary N) is 2. The third-order valence-corrected chi connectivity index (χ3v) is 8.28. The first-order valence-electron chi connectivity index (χ1n) is 10.1. The van der Waals surface area contributed by atoms with Crippen molar-refractivity contribution >= 4 is 38.9 Å². The fraction of sp³-hybridized carbons (Fsp3) is 0.600. The zero-order valence-corrected chi connectivity index (χ0v) is 19.3. The molecule has 2 saturated carbocycles. The zero-order chi connectivity index (χ0) is 23.0. The molecule has 3 N–H and O–H groups in total. The number of phenols is 1. The highest BCUT2D eigenvalue weighted by molar-refractivity contribution is 7.89. The van der Waals surface area contributed by atoms with Crippen molar-refractivity contribution in [3.8, 4) is 5.75 Å². The Morgan fingerprint density at radius 2 is 1.77 bits per heavy atom. The van der Waals surface area contributed by atoms with E-state index in [9.17, 15) is 23.1 Å². The normalized spacial score (nSPS) is 23.6. The first-order valence-corrected chi connectivity index (χ1v) is 11.9. The Hall–Kier alpha value is -1.72. The summed E-state index contributed by atoms with van der Waals surface area (Å²) >= 11 is 6.04. The van der Waals surface area contributed by atoms with E-state index in [1.807, 2.05) is 0 Å². The largest absolute Gasteiger partial charge is 0.504 e. The van der Waals surface area contributed by atoms with E-state index in [0.29, 0.717) is 6.61 Å². The molecule has 31 heavy (non-hydrogen) atoms. The summed E-state index contributed by atoms with van der Waals surface area (Å²) in [6.07, 6.45) is 4.74. The van der Waals surface area contributed by atoms with E-state index in [2.05, 4.69) is 10.6 Å². The van der Waals surface area contributed by atoms with Crippen LogP contribution in [0.3, 0.4) is 0 Å². The van der Waals surface area contributed by atoms with Gasteiger partial charge in [-0.3, -0.25) is 14.9 Å². The number of ketones is 2. The van der Waals surface area contributed by atoms with Gasteiger partial charge in [0.1, 0.15) is 17.0 Å².